The third-order valence-electron chi connectivity index (χ3n) is 3.86. The average molecular weight is 502 g/mol. The SMILES string of the molecule is O=C(O)Cc1c[nH]c2ccccc12.O=[N+]([O-])[O-].OCc1c[nH]c2ccccc12.[InH3]. The molecule has 2 aromatic heterocycles. The molecule has 152 valence electrons. The molecule has 0 atom stereocenters. The molecule has 0 aliphatic rings. The fourth-order valence-electron chi connectivity index (χ4n) is 2.70. The van der Waals surface area contributed by atoms with E-state index in [1.807, 2.05) is 54.7 Å². The number of rotatable bonds is 3. The molecule has 2 heterocycles. The van der Waals surface area contributed by atoms with Gasteiger partial charge in [-0.1, -0.05) is 36.4 Å². The van der Waals surface area contributed by atoms with Crippen LogP contribution in [-0.2, 0) is 17.8 Å². The number of hydrogen-bond donors (Lipinski definition) is 4. The van der Waals surface area contributed by atoms with Crippen LogP contribution in [0.5, 0.6) is 0 Å². The van der Waals surface area contributed by atoms with Crippen molar-refractivity contribution in [2.24, 2.45) is 0 Å². The van der Waals surface area contributed by atoms with Crippen LogP contribution in [0, 0.1) is 15.3 Å². The summed E-state index contributed by atoms with van der Waals surface area (Å²) < 4.78 is 0. The zero-order valence-electron chi connectivity index (χ0n) is 14.7. The predicted molar refractivity (Wildman–Crippen MR) is 114 cm³/mol. The number of nitrogens with zero attached hydrogens (tertiary/aromatic N) is 1. The summed E-state index contributed by atoms with van der Waals surface area (Å²) in [6, 6.07) is 15.6. The molecule has 0 radical (unpaired) electrons. The van der Waals surface area contributed by atoms with Crippen LogP contribution < -0.4 is 0 Å². The van der Waals surface area contributed by atoms with Crippen molar-refractivity contribution in [2.75, 3.05) is 0 Å². The molecule has 0 amide bonds. The van der Waals surface area contributed by atoms with Crippen molar-refractivity contribution in [3.05, 3.63) is 87.4 Å². The summed E-state index contributed by atoms with van der Waals surface area (Å²) in [6.45, 7) is 0.101. The third-order valence-corrected chi connectivity index (χ3v) is 3.86. The topological polar surface area (TPSA) is 155 Å². The molecule has 0 aliphatic carbocycles. The van der Waals surface area contributed by atoms with Crippen molar-refractivity contribution >= 4 is 53.6 Å². The molecule has 0 bridgehead atoms. The number of aliphatic hydroxyl groups is 1. The van der Waals surface area contributed by atoms with E-state index < -0.39 is 11.1 Å². The maximum absolute atomic E-state index is 10.5. The van der Waals surface area contributed by atoms with E-state index >= 15 is 0 Å². The van der Waals surface area contributed by atoms with Crippen LogP contribution in [0.25, 0.3) is 21.8 Å². The Kier molecular flexibility index (Phi) is 9.77. The Hall–Kier alpha value is -2.98. The first-order valence-corrected chi connectivity index (χ1v) is 8.16. The van der Waals surface area contributed by atoms with Crippen LogP contribution in [-0.4, -0.2) is 57.1 Å². The first kappa shape index (κ1) is 24.1. The van der Waals surface area contributed by atoms with Gasteiger partial charge in [0.15, 0.2) is 0 Å². The van der Waals surface area contributed by atoms with Crippen LogP contribution in [0.2, 0.25) is 0 Å². The van der Waals surface area contributed by atoms with Gasteiger partial charge in [0.1, 0.15) is 0 Å². The van der Waals surface area contributed by atoms with Gasteiger partial charge < -0.3 is 35.5 Å². The minimum absolute atomic E-state index is 0. The van der Waals surface area contributed by atoms with Crippen molar-refractivity contribution in [3.63, 3.8) is 0 Å². The van der Waals surface area contributed by atoms with E-state index in [2.05, 4.69) is 9.97 Å². The molecule has 0 spiro atoms. The van der Waals surface area contributed by atoms with Gasteiger partial charge in [0.25, 0.3) is 0 Å². The summed E-state index contributed by atoms with van der Waals surface area (Å²) >= 11 is 0. The number of aromatic amines is 2. The van der Waals surface area contributed by atoms with Crippen molar-refractivity contribution in [3.8, 4) is 0 Å². The maximum atomic E-state index is 10.5. The number of fused-ring (bicyclic) bond motifs is 2. The quantitative estimate of drug-likeness (QED) is 0.248. The van der Waals surface area contributed by atoms with E-state index in [4.69, 9.17) is 25.5 Å². The van der Waals surface area contributed by atoms with Crippen LogP contribution in [0.15, 0.2) is 60.9 Å². The normalized spacial score (nSPS) is 9.55. The Labute approximate surface area is 183 Å². The summed E-state index contributed by atoms with van der Waals surface area (Å²) in [4.78, 5) is 24.9. The average Bonchev–Trinajstić information content (AvgIpc) is 3.26. The van der Waals surface area contributed by atoms with Crippen LogP contribution in [0.4, 0.5) is 0 Å². The van der Waals surface area contributed by atoms with Crippen molar-refractivity contribution in [2.45, 2.75) is 13.0 Å². The zero-order valence-corrected chi connectivity index (χ0v) is 14.7. The van der Waals surface area contributed by atoms with E-state index in [1.54, 1.807) is 6.20 Å². The van der Waals surface area contributed by atoms with Crippen molar-refractivity contribution in [1.82, 2.24) is 9.97 Å². The summed E-state index contributed by atoms with van der Waals surface area (Å²) in [5.41, 5.74) is 3.86. The van der Waals surface area contributed by atoms with Gasteiger partial charge in [-0.15, -0.1) is 0 Å². The van der Waals surface area contributed by atoms with E-state index in [9.17, 15) is 4.79 Å². The second kappa shape index (κ2) is 11.8. The molecule has 29 heavy (non-hydrogen) atoms. The number of benzene rings is 2. The second-order valence-electron chi connectivity index (χ2n) is 5.67. The summed E-state index contributed by atoms with van der Waals surface area (Å²) in [6.07, 6.45) is 3.66. The zero-order chi connectivity index (χ0) is 20.5. The number of aromatic nitrogens is 2. The van der Waals surface area contributed by atoms with Crippen LogP contribution >= 0.6 is 0 Å². The standard InChI is InChI=1S/C10H9NO2.C9H9NO.In.NO3.3H/c12-10(13)5-7-6-11-9-4-2-1-3-8(7)9;11-6-7-5-10-9-4-2-1-3-8(7)9;;2-1(3)4;;;/h1-4,6,11H,5H2,(H,12,13);1-5,10-11H,6H2;;;;;/q;;;-1;;;. The molecule has 4 rings (SSSR count). The fourth-order valence-corrected chi connectivity index (χ4v) is 2.70. The second-order valence-corrected chi connectivity index (χ2v) is 5.67. The van der Waals surface area contributed by atoms with Gasteiger partial charge in [-0.2, -0.15) is 0 Å². The van der Waals surface area contributed by atoms with Gasteiger partial charge in [-0.25, -0.2) is 0 Å². The first-order valence-electron chi connectivity index (χ1n) is 8.16. The predicted octanol–water partition coefficient (Wildman–Crippen LogP) is 2.03. The van der Waals surface area contributed by atoms with Gasteiger partial charge >= 0.3 is 31.8 Å². The number of aliphatic carboxylic acids is 1. The molecule has 0 fully saturated rings. The van der Waals surface area contributed by atoms with Crippen LogP contribution in [0.3, 0.4) is 0 Å². The summed E-state index contributed by atoms with van der Waals surface area (Å²) in [5, 5.41) is 34.4. The Morgan fingerprint density at radius 1 is 0.897 bits per heavy atom. The molecule has 0 aliphatic heterocycles. The van der Waals surface area contributed by atoms with Crippen molar-refractivity contribution < 1.29 is 20.1 Å². The molecular weight excluding hydrogens is 481 g/mol. The first-order chi connectivity index (χ1) is 13.4. The number of para-hydroxylation sites is 2. The molecule has 9 nitrogen and oxygen atoms in total. The van der Waals surface area contributed by atoms with E-state index in [0.717, 1.165) is 32.9 Å². The number of carbonyl (C=O) groups is 1. The molecule has 4 aromatic rings. The number of carboxylic acids is 1. The van der Waals surface area contributed by atoms with Gasteiger partial charge in [0, 0.05) is 39.8 Å². The fraction of sp³-hybridized carbons (Fsp3) is 0.105. The Balaban J connectivity index is 0.000000241. The summed E-state index contributed by atoms with van der Waals surface area (Å²) in [7, 11) is 0. The van der Waals surface area contributed by atoms with Gasteiger partial charge in [0.05, 0.1) is 18.1 Å². The third kappa shape index (κ3) is 7.16. The van der Waals surface area contributed by atoms with E-state index in [1.165, 1.54) is 0 Å². The Morgan fingerprint density at radius 2 is 1.31 bits per heavy atom. The van der Waals surface area contributed by atoms with E-state index in [0.29, 0.717) is 0 Å². The van der Waals surface area contributed by atoms with E-state index in [-0.39, 0.29) is 38.9 Å². The van der Waals surface area contributed by atoms with Gasteiger partial charge in [-0.3, -0.25) is 4.79 Å². The molecule has 4 N–H and O–H groups in total. The van der Waals surface area contributed by atoms with Gasteiger partial charge in [0.2, 0.25) is 0 Å². The molecule has 2 aromatic carbocycles. The van der Waals surface area contributed by atoms with Crippen LogP contribution in [0.1, 0.15) is 11.1 Å². The molecule has 0 unspecified atom stereocenters. The Morgan fingerprint density at radius 3 is 1.76 bits per heavy atom. The molecule has 10 heteroatoms. The molecule has 0 saturated carbocycles. The number of H-pyrrole nitrogens is 2. The number of nitrogens with one attached hydrogen (secondary N) is 2. The van der Waals surface area contributed by atoms with Crippen molar-refractivity contribution in [1.29, 1.82) is 0 Å². The molecule has 0 saturated heterocycles. The number of aliphatic hydroxyl groups excluding tert-OH is 1. The molecular formula is C19H21InN3O6-. The minimum atomic E-state index is -1.75. The number of carboxylic acid groups (broad SMARTS) is 1. The van der Waals surface area contributed by atoms with Gasteiger partial charge in [-0.05, 0) is 17.7 Å². The Bertz CT molecular complexity index is 1070. The summed E-state index contributed by atoms with van der Waals surface area (Å²) in [5.74, 6) is -0.801. The number of hydrogen-bond acceptors (Lipinski definition) is 5. The monoisotopic (exact) mass is 502 g/mol.